The first kappa shape index (κ1) is 15.9. The first-order valence-electron chi connectivity index (χ1n) is 7.76. The van der Waals surface area contributed by atoms with Crippen LogP contribution in [0.3, 0.4) is 0 Å². The number of hydrogen-bond acceptors (Lipinski definition) is 3. The van der Waals surface area contributed by atoms with E-state index in [4.69, 9.17) is 9.47 Å². The smallest absolute Gasteiger partial charge is 0.169 e. The quantitative estimate of drug-likeness (QED) is 0.432. The van der Waals surface area contributed by atoms with Gasteiger partial charge >= 0.3 is 0 Å². The lowest BCUT2D eigenvalue weighted by molar-refractivity contribution is -0.161. The van der Waals surface area contributed by atoms with Crippen molar-refractivity contribution in [1.29, 1.82) is 0 Å². The van der Waals surface area contributed by atoms with Crippen molar-refractivity contribution in [2.45, 2.75) is 38.9 Å². The fourth-order valence-corrected chi connectivity index (χ4v) is 2.36. The average molecular weight is 288 g/mol. The molecule has 1 aromatic rings. The molecule has 0 radical (unpaired) electrons. The van der Waals surface area contributed by atoms with Crippen molar-refractivity contribution >= 4 is 5.78 Å². The van der Waals surface area contributed by atoms with E-state index in [2.05, 4.69) is 0 Å². The Hall–Kier alpha value is -1.45. The van der Waals surface area contributed by atoms with Gasteiger partial charge in [0.05, 0.1) is 6.61 Å². The van der Waals surface area contributed by atoms with E-state index in [9.17, 15) is 4.79 Å². The van der Waals surface area contributed by atoms with Gasteiger partial charge in [-0.05, 0) is 25.7 Å². The predicted molar refractivity (Wildman–Crippen MR) is 83.2 cm³/mol. The zero-order chi connectivity index (χ0) is 14.9. The maximum Gasteiger partial charge on any atom is 0.169 e. The van der Waals surface area contributed by atoms with E-state index < -0.39 is 0 Å². The molecule has 0 aromatic heterocycles. The Morgan fingerprint density at radius 3 is 2.90 bits per heavy atom. The number of Topliss-reactive ketones (excluding diaryl/α,β-unsaturated/α-hetero) is 1. The van der Waals surface area contributed by atoms with Crippen LogP contribution in [0.25, 0.3) is 0 Å². The molecular formula is C18H24O3. The molecular weight excluding hydrogens is 264 g/mol. The summed E-state index contributed by atoms with van der Waals surface area (Å²) in [5.74, 6) is 0.0571. The summed E-state index contributed by atoms with van der Waals surface area (Å²) in [7, 11) is 0. The highest BCUT2D eigenvalue weighted by Gasteiger charge is 2.13. The van der Waals surface area contributed by atoms with E-state index in [-0.39, 0.29) is 18.0 Å². The third-order valence-electron chi connectivity index (χ3n) is 3.62. The number of rotatable bonds is 7. The lowest BCUT2D eigenvalue weighted by Crippen LogP contribution is -2.22. The van der Waals surface area contributed by atoms with Gasteiger partial charge < -0.3 is 9.47 Å². The maximum atomic E-state index is 12.2. The van der Waals surface area contributed by atoms with Crippen molar-refractivity contribution in [3.8, 4) is 0 Å². The molecule has 0 aliphatic carbocycles. The van der Waals surface area contributed by atoms with Gasteiger partial charge in [-0.1, -0.05) is 49.4 Å². The second-order valence-corrected chi connectivity index (χ2v) is 5.40. The zero-order valence-corrected chi connectivity index (χ0v) is 12.7. The Morgan fingerprint density at radius 1 is 1.38 bits per heavy atom. The molecule has 1 aliphatic rings. The first-order valence-corrected chi connectivity index (χ1v) is 7.76. The molecule has 3 nitrogen and oxygen atoms in total. The fraction of sp³-hybridized carbons (Fsp3) is 0.500. The SMILES string of the molecule is C[C@@H](/C=C/CCOC1CCCCO1)C(=O)c1ccccc1. The summed E-state index contributed by atoms with van der Waals surface area (Å²) in [6, 6.07) is 9.41. The minimum atomic E-state index is -0.0988. The minimum absolute atomic E-state index is 0.0319. The van der Waals surface area contributed by atoms with Crippen molar-refractivity contribution in [3.63, 3.8) is 0 Å². The highest BCUT2D eigenvalue weighted by molar-refractivity contribution is 5.98. The van der Waals surface area contributed by atoms with Gasteiger partial charge in [0.2, 0.25) is 0 Å². The van der Waals surface area contributed by atoms with Gasteiger partial charge in [-0.25, -0.2) is 0 Å². The zero-order valence-electron chi connectivity index (χ0n) is 12.7. The second kappa shape index (κ2) is 8.75. The van der Waals surface area contributed by atoms with E-state index >= 15 is 0 Å². The largest absolute Gasteiger partial charge is 0.353 e. The Morgan fingerprint density at radius 2 is 2.19 bits per heavy atom. The van der Waals surface area contributed by atoms with Crippen LogP contribution in [0.2, 0.25) is 0 Å². The molecule has 1 fully saturated rings. The number of carbonyl (C=O) groups is 1. The van der Waals surface area contributed by atoms with Gasteiger partial charge in [-0.15, -0.1) is 0 Å². The summed E-state index contributed by atoms with van der Waals surface area (Å²) in [4.78, 5) is 12.2. The monoisotopic (exact) mass is 288 g/mol. The summed E-state index contributed by atoms with van der Waals surface area (Å²) < 4.78 is 11.2. The molecule has 2 rings (SSSR count). The third kappa shape index (κ3) is 5.44. The fourth-order valence-electron chi connectivity index (χ4n) is 2.36. The predicted octanol–water partition coefficient (Wildman–Crippen LogP) is 3.99. The van der Waals surface area contributed by atoms with Crippen LogP contribution < -0.4 is 0 Å². The molecule has 114 valence electrons. The van der Waals surface area contributed by atoms with E-state index in [0.717, 1.165) is 31.4 Å². The molecule has 3 heteroatoms. The highest BCUT2D eigenvalue weighted by atomic mass is 16.7. The van der Waals surface area contributed by atoms with Crippen LogP contribution in [0.5, 0.6) is 0 Å². The van der Waals surface area contributed by atoms with Crippen LogP contribution >= 0.6 is 0 Å². The molecule has 0 saturated carbocycles. The van der Waals surface area contributed by atoms with Crippen LogP contribution in [0, 0.1) is 5.92 Å². The molecule has 0 amide bonds. The second-order valence-electron chi connectivity index (χ2n) is 5.40. The molecule has 0 bridgehead atoms. The van der Waals surface area contributed by atoms with Crippen LogP contribution in [0.4, 0.5) is 0 Å². The Balaban J connectivity index is 1.67. The van der Waals surface area contributed by atoms with Gasteiger partial charge in [0.1, 0.15) is 0 Å². The van der Waals surface area contributed by atoms with Crippen LogP contribution in [-0.2, 0) is 9.47 Å². The Bertz CT molecular complexity index is 447. The van der Waals surface area contributed by atoms with Gasteiger partial charge in [-0.3, -0.25) is 4.79 Å². The molecule has 1 aliphatic heterocycles. The standard InChI is InChI=1S/C18H24O3/c1-15(18(19)16-10-3-2-4-11-16)9-5-7-13-20-17-12-6-8-14-21-17/h2-5,9-11,15,17H,6-8,12-14H2,1H3/b9-5+/t15-,17?/m0/s1. The van der Waals surface area contributed by atoms with Crippen molar-refractivity contribution in [2.24, 2.45) is 5.92 Å². The molecule has 21 heavy (non-hydrogen) atoms. The van der Waals surface area contributed by atoms with E-state index in [0.29, 0.717) is 6.61 Å². The minimum Gasteiger partial charge on any atom is -0.353 e. The topological polar surface area (TPSA) is 35.5 Å². The van der Waals surface area contributed by atoms with Crippen molar-refractivity contribution in [1.82, 2.24) is 0 Å². The van der Waals surface area contributed by atoms with Gasteiger partial charge in [-0.2, -0.15) is 0 Å². The van der Waals surface area contributed by atoms with E-state index in [1.54, 1.807) is 0 Å². The molecule has 1 saturated heterocycles. The highest BCUT2D eigenvalue weighted by Crippen LogP contribution is 2.14. The average Bonchev–Trinajstić information content (AvgIpc) is 2.55. The number of hydrogen-bond donors (Lipinski definition) is 0. The van der Waals surface area contributed by atoms with Crippen molar-refractivity contribution < 1.29 is 14.3 Å². The normalized spacial score (nSPS) is 20.5. The Labute approximate surface area is 127 Å². The molecule has 1 aromatic carbocycles. The third-order valence-corrected chi connectivity index (χ3v) is 3.62. The summed E-state index contributed by atoms with van der Waals surface area (Å²) in [6.45, 7) is 3.38. The van der Waals surface area contributed by atoms with Crippen LogP contribution in [0.15, 0.2) is 42.5 Å². The van der Waals surface area contributed by atoms with Gasteiger partial charge in [0, 0.05) is 18.1 Å². The molecule has 1 unspecified atom stereocenters. The molecule has 0 spiro atoms. The number of benzene rings is 1. The number of ether oxygens (including phenoxy) is 2. The number of ketones is 1. The molecule has 0 N–H and O–H groups in total. The summed E-state index contributed by atoms with van der Waals surface area (Å²) in [5.41, 5.74) is 0.765. The van der Waals surface area contributed by atoms with Gasteiger partial charge in [0.15, 0.2) is 12.1 Å². The lowest BCUT2D eigenvalue weighted by atomic mass is 9.99. The molecule has 1 heterocycles. The van der Waals surface area contributed by atoms with Crippen molar-refractivity contribution in [3.05, 3.63) is 48.0 Å². The Kier molecular flexibility index (Phi) is 6.64. The van der Waals surface area contributed by atoms with Crippen LogP contribution in [-0.4, -0.2) is 25.3 Å². The lowest BCUT2D eigenvalue weighted by Gasteiger charge is -2.22. The molecule has 2 atom stereocenters. The summed E-state index contributed by atoms with van der Waals surface area (Å²) in [6.07, 6.45) is 8.07. The number of carbonyl (C=O) groups excluding carboxylic acids is 1. The summed E-state index contributed by atoms with van der Waals surface area (Å²) in [5, 5.41) is 0. The maximum absolute atomic E-state index is 12.2. The van der Waals surface area contributed by atoms with E-state index in [1.165, 1.54) is 6.42 Å². The van der Waals surface area contributed by atoms with E-state index in [1.807, 2.05) is 49.4 Å². The number of allylic oxidation sites excluding steroid dienone is 1. The first-order chi connectivity index (χ1) is 10.3. The van der Waals surface area contributed by atoms with Gasteiger partial charge in [0.25, 0.3) is 0 Å². The summed E-state index contributed by atoms with van der Waals surface area (Å²) >= 11 is 0. The van der Waals surface area contributed by atoms with Crippen LogP contribution in [0.1, 0.15) is 43.0 Å². The van der Waals surface area contributed by atoms with Crippen molar-refractivity contribution in [2.75, 3.05) is 13.2 Å².